The normalized spacial score (nSPS) is 13.4. The molecule has 0 saturated heterocycles. The maximum absolute atomic E-state index is 10.5. The van der Waals surface area contributed by atoms with Crippen molar-refractivity contribution < 1.29 is 9.84 Å². The third kappa shape index (κ3) is 4.66. The first kappa shape index (κ1) is 16.7. The van der Waals surface area contributed by atoms with Gasteiger partial charge in [-0.3, -0.25) is 0 Å². The maximum Gasteiger partial charge on any atom is 0.118 e. The van der Waals surface area contributed by atoms with Crippen molar-refractivity contribution in [2.75, 3.05) is 6.61 Å². The Morgan fingerprint density at radius 1 is 1.00 bits per heavy atom. The van der Waals surface area contributed by atoms with E-state index in [-0.39, 0.29) is 0 Å². The number of hydrogen-bond donors (Lipinski definition) is 1. The van der Waals surface area contributed by atoms with Crippen LogP contribution in [0.3, 0.4) is 0 Å². The largest absolute Gasteiger partial charge is 0.392 e. The minimum atomic E-state index is -1.89. The molecule has 0 amide bonds. The minimum absolute atomic E-state index is 0.407. The topological polar surface area (TPSA) is 29.5 Å². The molecule has 22 heavy (non-hydrogen) atoms. The summed E-state index contributed by atoms with van der Waals surface area (Å²) in [5.41, 5.74) is 0.755. The zero-order valence-electron chi connectivity index (χ0n) is 13.3. The van der Waals surface area contributed by atoms with E-state index in [1.807, 2.05) is 60.7 Å². The van der Waals surface area contributed by atoms with E-state index in [9.17, 15) is 5.11 Å². The van der Waals surface area contributed by atoms with Gasteiger partial charge in [0, 0.05) is 0 Å². The summed E-state index contributed by atoms with van der Waals surface area (Å²) in [5.74, 6) is 0. The molecule has 2 rings (SSSR count). The van der Waals surface area contributed by atoms with Gasteiger partial charge in [-0.15, -0.1) is 0 Å². The van der Waals surface area contributed by atoms with Crippen molar-refractivity contribution in [2.24, 2.45) is 0 Å². The molecule has 1 unspecified atom stereocenters. The zero-order valence-corrected chi connectivity index (χ0v) is 14.3. The highest BCUT2D eigenvalue weighted by Crippen LogP contribution is 2.10. The smallest absolute Gasteiger partial charge is 0.118 e. The zero-order chi connectivity index (χ0) is 15.8. The Bertz CT molecular complexity index is 579. The van der Waals surface area contributed by atoms with Crippen LogP contribution in [0.25, 0.3) is 0 Å². The Morgan fingerprint density at radius 3 is 2.23 bits per heavy atom. The SMILES string of the molecule is C[Si](C)(c1ccccc1)C(O)/C=C\COCc1ccccc1. The molecule has 0 aliphatic carbocycles. The van der Waals surface area contributed by atoms with Crippen LogP contribution < -0.4 is 5.19 Å². The van der Waals surface area contributed by atoms with E-state index in [4.69, 9.17) is 4.74 Å². The number of aliphatic hydroxyl groups is 1. The Kier molecular flexibility index (Phi) is 6.13. The Balaban J connectivity index is 1.82. The van der Waals surface area contributed by atoms with Crippen LogP contribution >= 0.6 is 0 Å². The van der Waals surface area contributed by atoms with E-state index in [1.165, 1.54) is 5.19 Å². The second kappa shape index (κ2) is 8.08. The van der Waals surface area contributed by atoms with Gasteiger partial charge in [-0.05, 0) is 5.56 Å². The lowest BCUT2D eigenvalue weighted by atomic mass is 10.2. The van der Waals surface area contributed by atoms with Crippen molar-refractivity contribution in [2.45, 2.75) is 25.4 Å². The van der Waals surface area contributed by atoms with Crippen molar-refractivity contribution in [3.63, 3.8) is 0 Å². The third-order valence-electron chi connectivity index (χ3n) is 3.90. The molecular formula is C19H24O2Si. The predicted molar refractivity (Wildman–Crippen MR) is 94.8 cm³/mol. The minimum Gasteiger partial charge on any atom is -0.392 e. The highest BCUT2D eigenvalue weighted by molar-refractivity contribution is 6.91. The lowest BCUT2D eigenvalue weighted by molar-refractivity contribution is 0.148. The van der Waals surface area contributed by atoms with E-state index in [2.05, 4.69) is 25.2 Å². The van der Waals surface area contributed by atoms with Gasteiger partial charge in [0.05, 0.1) is 18.9 Å². The van der Waals surface area contributed by atoms with Crippen molar-refractivity contribution >= 4 is 13.3 Å². The summed E-state index contributed by atoms with van der Waals surface area (Å²) >= 11 is 0. The molecule has 116 valence electrons. The van der Waals surface area contributed by atoms with Crippen molar-refractivity contribution in [3.8, 4) is 0 Å². The van der Waals surface area contributed by atoms with Crippen LogP contribution in [0.1, 0.15) is 5.56 Å². The van der Waals surface area contributed by atoms with Crippen LogP contribution in [0, 0.1) is 0 Å². The summed E-state index contributed by atoms with van der Waals surface area (Å²) in [6.45, 7) is 5.48. The van der Waals surface area contributed by atoms with Crippen LogP contribution in [-0.4, -0.2) is 25.5 Å². The Morgan fingerprint density at radius 2 is 1.59 bits per heavy atom. The first-order chi connectivity index (χ1) is 10.6. The molecule has 0 saturated carbocycles. The first-order valence-corrected chi connectivity index (χ1v) is 10.7. The van der Waals surface area contributed by atoms with Gasteiger partial charge in [-0.1, -0.05) is 91.1 Å². The van der Waals surface area contributed by atoms with E-state index >= 15 is 0 Å². The monoisotopic (exact) mass is 312 g/mol. The van der Waals surface area contributed by atoms with Gasteiger partial charge >= 0.3 is 0 Å². The quantitative estimate of drug-likeness (QED) is 0.483. The highest BCUT2D eigenvalue weighted by atomic mass is 28.3. The lowest BCUT2D eigenvalue weighted by Gasteiger charge is -2.26. The average molecular weight is 312 g/mol. The molecule has 0 spiro atoms. The number of hydrogen-bond acceptors (Lipinski definition) is 2. The lowest BCUT2D eigenvalue weighted by Crippen LogP contribution is -2.51. The third-order valence-corrected chi connectivity index (χ3v) is 7.39. The van der Waals surface area contributed by atoms with E-state index in [0.717, 1.165) is 5.56 Å². The average Bonchev–Trinajstić information content (AvgIpc) is 2.56. The molecule has 0 aliphatic rings. The predicted octanol–water partition coefficient (Wildman–Crippen LogP) is 3.28. The molecule has 0 radical (unpaired) electrons. The summed E-state index contributed by atoms with van der Waals surface area (Å²) in [7, 11) is -1.89. The van der Waals surface area contributed by atoms with Gasteiger partial charge in [0.15, 0.2) is 0 Å². The molecule has 1 atom stereocenters. The summed E-state index contributed by atoms with van der Waals surface area (Å²) in [6, 6.07) is 20.4. The summed E-state index contributed by atoms with van der Waals surface area (Å²) < 4.78 is 5.61. The van der Waals surface area contributed by atoms with Gasteiger partial charge in [0.2, 0.25) is 0 Å². The number of rotatable bonds is 7. The molecular weight excluding hydrogens is 288 g/mol. The summed E-state index contributed by atoms with van der Waals surface area (Å²) in [4.78, 5) is 0. The Labute approximate surface area is 134 Å². The van der Waals surface area contributed by atoms with Crippen molar-refractivity contribution in [3.05, 3.63) is 78.4 Å². The van der Waals surface area contributed by atoms with Gasteiger partial charge < -0.3 is 9.84 Å². The maximum atomic E-state index is 10.5. The molecule has 3 heteroatoms. The van der Waals surface area contributed by atoms with E-state index in [1.54, 1.807) is 0 Å². The number of aliphatic hydroxyl groups excluding tert-OH is 1. The van der Waals surface area contributed by atoms with Crippen LogP contribution in [0.15, 0.2) is 72.8 Å². The molecule has 0 fully saturated rings. The van der Waals surface area contributed by atoms with Crippen LogP contribution in [0.2, 0.25) is 13.1 Å². The van der Waals surface area contributed by atoms with Gasteiger partial charge in [0.25, 0.3) is 0 Å². The molecule has 2 aromatic carbocycles. The number of benzene rings is 2. The van der Waals surface area contributed by atoms with Gasteiger partial charge in [0.1, 0.15) is 8.07 Å². The van der Waals surface area contributed by atoms with Gasteiger partial charge in [-0.2, -0.15) is 0 Å². The fourth-order valence-corrected chi connectivity index (χ4v) is 4.29. The van der Waals surface area contributed by atoms with Gasteiger partial charge in [-0.25, -0.2) is 0 Å². The van der Waals surface area contributed by atoms with E-state index in [0.29, 0.717) is 13.2 Å². The highest BCUT2D eigenvalue weighted by Gasteiger charge is 2.30. The summed E-state index contributed by atoms with van der Waals surface area (Å²) in [6.07, 6.45) is 3.80. The molecule has 0 aliphatic heterocycles. The standard InChI is InChI=1S/C19H24O2Si/c1-22(2,18-12-7-4-8-13-18)19(20)14-9-15-21-16-17-10-5-3-6-11-17/h3-14,19-20H,15-16H2,1-2H3/b14-9-. The molecule has 2 aromatic rings. The molecule has 0 aromatic heterocycles. The summed E-state index contributed by atoms with van der Waals surface area (Å²) in [5, 5.41) is 11.7. The van der Waals surface area contributed by atoms with E-state index < -0.39 is 13.8 Å². The Hall–Kier alpha value is -1.68. The van der Waals surface area contributed by atoms with Crippen molar-refractivity contribution in [1.82, 2.24) is 0 Å². The van der Waals surface area contributed by atoms with Crippen LogP contribution in [-0.2, 0) is 11.3 Å². The second-order valence-electron chi connectivity index (χ2n) is 5.96. The fraction of sp³-hybridized carbons (Fsp3) is 0.263. The molecule has 0 bridgehead atoms. The fourth-order valence-electron chi connectivity index (χ4n) is 2.28. The molecule has 2 nitrogen and oxygen atoms in total. The molecule has 1 N–H and O–H groups in total. The molecule has 0 heterocycles. The first-order valence-electron chi connectivity index (χ1n) is 7.62. The van der Waals surface area contributed by atoms with Crippen molar-refractivity contribution in [1.29, 1.82) is 0 Å². The van der Waals surface area contributed by atoms with Crippen LogP contribution in [0.4, 0.5) is 0 Å². The van der Waals surface area contributed by atoms with Crippen LogP contribution in [0.5, 0.6) is 0 Å². The number of ether oxygens (including phenoxy) is 1. The second-order valence-corrected chi connectivity index (χ2v) is 10.6.